The second kappa shape index (κ2) is 6.51. The molecule has 0 bridgehead atoms. The number of aromatic nitrogens is 3. The Morgan fingerprint density at radius 1 is 1.33 bits per heavy atom. The average molecular weight is 289 g/mol. The van der Waals surface area contributed by atoms with Gasteiger partial charge in [-0.2, -0.15) is 10.1 Å². The van der Waals surface area contributed by atoms with Gasteiger partial charge in [0.2, 0.25) is 11.9 Å². The summed E-state index contributed by atoms with van der Waals surface area (Å²) in [4.78, 5) is 28.1. The van der Waals surface area contributed by atoms with Gasteiger partial charge in [-0.3, -0.25) is 14.9 Å². The number of aromatic amines is 1. The van der Waals surface area contributed by atoms with Crippen molar-refractivity contribution >= 4 is 23.5 Å². The predicted octanol–water partition coefficient (Wildman–Crippen LogP) is 0.805. The first-order valence-corrected chi connectivity index (χ1v) is 6.18. The molecule has 2 rings (SSSR count). The van der Waals surface area contributed by atoms with Gasteiger partial charge in [0.1, 0.15) is 12.1 Å². The van der Waals surface area contributed by atoms with E-state index in [1.807, 2.05) is 0 Å². The molecule has 8 nitrogen and oxygen atoms in total. The summed E-state index contributed by atoms with van der Waals surface area (Å²) in [6.07, 6.45) is 1.29. The lowest BCUT2D eigenvalue weighted by Gasteiger charge is -2.15. The SMILES string of the molecule is CC(=O)N(C)c1ccc(OCC(=O)Nc2ncn[nH]2)cc1. The topological polar surface area (TPSA) is 100 Å². The third kappa shape index (κ3) is 4.03. The first-order chi connectivity index (χ1) is 10.1. The fourth-order valence-electron chi connectivity index (χ4n) is 1.53. The number of hydrogen-bond acceptors (Lipinski definition) is 5. The van der Waals surface area contributed by atoms with Crippen molar-refractivity contribution in [3.05, 3.63) is 30.6 Å². The summed E-state index contributed by atoms with van der Waals surface area (Å²) in [5.74, 6) is 0.386. The summed E-state index contributed by atoms with van der Waals surface area (Å²) in [7, 11) is 1.68. The molecule has 0 radical (unpaired) electrons. The van der Waals surface area contributed by atoms with Crippen molar-refractivity contribution < 1.29 is 14.3 Å². The molecule has 0 aliphatic heterocycles. The van der Waals surface area contributed by atoms with E-state index >= 15 is 0 Å². The second-order valence-corrected chi connectivity index (χ2v) is 4.24. The molecule has 0 atom stereocenters. The molecule has 2 aromatic rings. The molecule has 110 valence electrons. The van der Waals surface area contributed by atoms with Crippen LogP contribution in [-0.2, 0) is 9.59 Å². The maximum absolute atomic E-state index is 11.6. The van der Waals surface area contributed by atoms with Crippen LogP contribution in [0.3, 0.4) is 0 Å². The number of H-pyrrole nitrogens is 1. The predicted molar refractivity (Wildman–Crippen MR) is 76.0 cm³/mol. The van der Waals surface area contributed by atoms with Crippen molar-refractivity contribution in [1.82, 2.24) is 15.2 Å². The minimum atomic E-state index is -0.350. The summed E-state index contributed by atoms with van der Waals surface area (Å²) in [6, 6.07) is 6.86. The summed E-state index contributed by atoms with van der Waals surface area (Å²) in [6.45, 7) is 1.33. The van der Waals surface area contributed by atoms with Gasteiger partial charge in [-0.15, -0.1) is 0 Å². The molecule has 21 heavy (non-hydrogen) atoms. The Balaban J connectivity index is 1.86. The Labute approximate surface area is 121 Å². The number of rotatable bonds is 5. The van der Waals surface area contributed by atoms with Gasteiger partial charge in [-0.25, -0.2) is 5.10 Å². The van der Waals surface area contributed by atoms with Crippen LogP contribution >= 0.6 is 0 Å². The molecule has 0 saturated carbocycles. The smallest absolute Gasteiger partial charge is 0.264 e. The molecule has 8 heteroatoms. The van der Waals surface area contributed by atoms with Crippen molar-refractivity contribution in [2.45, 2.75) is 6.92 Å². The number of anilines is 2. The molecular formula is C13H15N5O3. The molecular weight excluding hydrogens is 274 g/mol. The van der Waals surface area contributed by atoms with E-state index in [1.54, 1.807) is 31.3 Å². The molecule has 0 aliphatic rings. The van der Waals surface area contributed by atoms with Crippen molar-refractivity contribution in [1.29, 1.82) is 0 Å². The van der Waals surface area contributed by atoms with E-state index in [0.29, 0.717) is 5.75 Å². The highest BCUT2D eigenvalue weighted by atomic mass is 16.5. The van der Waals surface area contributed by atoms with Crippen LogP contribution in [0.1, 0.15) is 6.92 Å². The highest BCUT2D eigenvalue weighted by molar-refractivity contribution is 5.91. The maximum atomic E-state index is 11.6. The standard InChI is InChI=1S/C13H15N5O3/c1-9(19)18(2)10-3-5-11(6-4-10)21-7-12(20)16-13-14-8-15-17-13/h3-6,8H,7H2,1-2H3,(H2,14,15,16,17,20). The van der Waals surface area contributed by atoms with Gasteiger partial charge in [0.25, 0.3) is 5.91 Å². The minimum Gasteiger partial charge on any atom is -0.484 e. The van der Waals surface area contributed by atoms with Gasteiger partial charge in [0.05, 0.1) is 0 Å². The van der Waals surface area contributed by atoms with Gasteiger partial charge >= 0.3 is 0 Å². The third-order valence-corrected chi connectivity index (χ3v) is 2.74. The number of benzene rings is 1. The molecule has 1 heterocycles. The minimum absolute atomic E-state index is 0.0601. The lowest BCUT2D eigenvalue weighted by Crippen LogP contribution is -2.22. The highest BCUT2D eigenvalue weighted by Gasteiger charge is 2.07. The van der Waals surface area contributed by atoms with Crippen molar-refractivity contribution in [3.8, 4) is 5.75 Å². The molecule has 0 saturated heterocycles. The molecule has 2 amide bonds. The summed E-state index contributed by atoms with van der Waals surface area (Å²) < 4.78 is 5.33. The number of hydrogen-bond donors (Lipinski definition) is 2. The van der Waals surface area contributed by atoms with E-state index in [0.717, 1.165) is 5.69 Å². The zero-order chi connectivity index (χ0) is 15.2. The van der Waals surface area contributed by atoms with Gasteiger partial charge < -0.3 is 9.64 Å². The van der Waals surface area contributed by atoms with Crippen molar-refractivity contribution in [3.63, 3.8) is 0 Å². The Morgan fingerprint density at radius 2 is 2.05 bits per heavy atom. The van der Waals surface area contributed by atoms with E-state index in [4.69, 9.17) is 4.74 Å². The van der Waals surface area contributed by atoms with Gasteiger partial charge in [-0.05, 0) is 24.3 Å². The Bertz CT molecular complexity index is 609. The first-order valence-electron chi connectivity index (χ1n) is 6.18. The van der Waals surface area contributed by atoms with E-state index < -0.39 is 0 Å². The normalized spacial score (nSPS) is 10.0. The second-order valence-electron chi connectivity index (χ2n) is 4.24. The number of nitrogens with zero attached hydrogens (tertiary/aromatic N) is 3. The number of nitrogens with one attached hydrogen (secondary N) is 2. The van der Waals surface area contributed by atoms with E-state index in [-0.39, 0.29) is 24.4 Å². The summed E-state index contributed by atoms with van der Waals surface area (Å²) in [5, 5.41) is 8.61. The maximum Gasteiger partial charge on any atom is 0.264 e. The fraction of sp³-hybridized carbons (Fsp3) is 0.231. The molecule has 1 aromatic heterocycles. The van der Waals surface area contributed by atoms with Crippen LogP contribution in [0.15, 0.2) is 30.6 Å². The lowest BCUT2D eigenvalue weighted by molar-refractivity contribution is -0.118. The lowest BCUT2D eigenvalue weighted by atomic mass is 10.3. The van der Waals surface area contributed by atoms with Gasteiger partial charge in [0, 0.05) is 19.7 Å². The molecule has 0 aliphatic carbocycles. The molecule has 0 unspecified atom stereocenters. The number of carbonyl (C=O) groups excluding carboxylic acids is 2. The van der Waals surface area contributed by atoms with E-state index in [1.165, 1.54) is 18.2 Å². The van der Waals surface area contributed by atoms with E-state index in [9.17, 15) is 9.59 Å². The zero-order valence-electron chi connectivity index (χ0n) is 11.7. The van der Waals surface area contributed by atoms with Crippen LogP contribution in [-0.4, -0.2) is 40.7 Å². The fourth-order valence-corrected chi connectivity index (χ4v) is 1.53. The van der Waals surface area contributed by atoms with E-state index in [2.05, 4.69) is 20.5 Å². The summed E-state index contributed by atoms with van der Waals surface area (Å²) in [5.41, 5.74) is 0.751. The van der Waals surface area contributed by atoms with Gasteiger partial charge in [0.15, 0.2) is 6.61 Å². The van der Waals surface area contributed by atoms with Crippen molar-refractivity contribution in [2.75, 3.05) is 23.9 Å². The number of ether oxygens (including phenoxy) is 1. The largest absolute Gasteiger partial charge is 0.484 e. The average Bonchev–Trinajstić information content (AvgIpc) is 2.97. The van der Waals surface area contributed by atoms with Crippen LogP contribution in [0.4, 0.5) is 11.6 Å². The quantitative estimate of drug-likeness (QED) is 0.848. The Hall–Kier alpha value is -2.90. The number of carbonyl (C=O) groups is 2. The van der Waals surface area contributed by atoms with Gasteiger partial charge in [-0.1, -0.05) is 0 Å². The molecule has 0 spiro atoms. The number of amides is 2. The van der Waals surface area contributed by atoms with Crippen LogP contribution in [0.25, 0.3) is 0 Å². The Morgan fingerprint density at radius 3 is 2.62 bits per heavy atom. The molecule has 1 aromatic carbocycles. The Kier molecular flexibility index (Phi) is 4.50. The molecule has 0 fully saturated rings. The van der Waals surface area contributed by atoms with Crippen LogP contribution in [0, 0.1) is 0 Å². The zero-order valence-corrected chi connectivity index (χ0v) is 11.7. The van der Waals surface area contributed by atoms with Crippen LogP contribution in [0.5, 0.6) is 5.75 Å². The molecule has 2 N–H and O–H groups in total. The monoisotopic (exact) mass is 289 g/mol. The highest BCUT2D eigenvalue weighted by Crippen LogP contribution is 2.18. The van der Waals surface area contributed by atoms with Crippen LogP contribution < -0.4 is 15.0 Å². The summed E-state index contributed by atoms with van der Waals surface area (Å²) >= 11 is 0. The third-order valence-electron chi connectivity index (χ3n) is 2.74. The first kappa shape index (κ1) is 14.5. The van der Waals surface area contributed by atoms with Crippen LogP contribution in [0.2, 0.25) is 0 Å². The van der Waals surface area contributed by atoms with Crippen molar-refractivity contribution in [2.24, 2.45) is 0 Å².